The van der Waals surface area contributed by atoms with E-state index in [4.69, 9.17) is 4.74 Å². The van der Waals surface area contributed by atoms with Crippen molar-refractivity contribution in [1.29, 1.82) is 0 Å². The highest BCUT2D eigenvalue weighted by atomic mass is 35.5. The number of fused-ring (bicyclic) bond motifs is 2. The first-order chi connectivity index (χ1) is 14.3. The molecule has 1 aliphatic heterocycles. The summed E-state index contributed by atoms with van der Waals surface area (Å²) < 4.78 is 6.11. The van der Waals surface area contributed by atoms with Crippen molar-refractivity contribution in [1.82, 2.24) is 4.90 Å². The lowest BCUT2D eigenvalue weighted by atomic mass is 9.95. The van der Waals surface area contributed by atoms with E-state index < -0.39 is 0 Å². The number of ether oxygens (including phenoxy) is 1. The molecule has 0 spiro atoms. The summed E-state index contributed by atoms with van der Waals surface area (Å²) >= 11 is 1.84. The van der Waals surface area contributed by atoms with Crippen LogP contribution < -0.4 is 4.74 Å². The smallest absolute Gasteiger partial charge is 0.120 e. The van der Waals surface area contributed by atoms with Crippen LogP contribution in [0.15, 0.2) is 82.6 Å². The maximum Gasteiger partial charge on any atom is 0.120 e. The molecule has 0 aliphatic carbocycles. The van der Waals surface area contributed by atoms with Gasteiger partial charge in [-0.15, -0.1) is 12.4 Å². The molecule has 3 aromatic rings. The Morgan fingerprint density at radius 3 is 2.30 bits per heavy atom. The van der Waals surface area contributed by atoms with Crippen molar-refractivity contribution < 1.29 is 4.74 Å². The van der Waals surface area contributed by atoms with Crippen LogP contribution in [0.3, 0.4) is 0 Å². The van der Waals surface area contributed by atoms with Gasteiger partial charge in [0.25, 0.3) is 0 Å². The first kappa shape index (κ1) is 22.5. The molecule has 2 nitrogen and oxygen atoms in total. The van der Waals surface area contributed by atoms with E-state index in [0.717, 1.165) is 25.4 Å². The quantitative estimate of drug-likeness (QED) is 0.312. The van der Waals surface area contributed by atoms with E-state index in [9.17, 15) is 0 Å². The highest BCUT2D eigenvalue weighted by molar-refractivity contribution is 7.99. The number of halogens is 1. The van der Waals surface area contributed by atoms with Gasteiger partial charge in [-0.1, -0.05) is 74.1 Å². The van der Waals surface area contributed by atoms with Gasteiger partial charge in [-0.3, -0.25) is 0 Å². The Kier molecular flexibility index (Phi) is 8.03. The maximum atomic E-state index is 6.11. The molecule has 4 rings (SSSR count). The lowest BCUT2D eigenvalue weighted by molar-refractivity contribution is 0.222. The minimum atomic E-state index is 0. The molecule has 0 amide bonds. The molecule has 0 aromatic heterocycles. The molecule has 0 unspecified atom stereocenters. The van der Waals surface area contributed by atoms with Crippen LogP contribution in [0.25, 0.3) is 11.6 Å². The van der Waals surface area contributed by atoms with Crippen LogP contribution in [0.4, 0.5) is 0 Å². The minimum absolute atomic E-state index is 0. The second kappa shape index (κ2) is 10.7. The van der Waals surface area contributed by atoms with E-state index in [-0.39, 0.29) is 12.4 Å². The predicted molar refractivity (Wildman–Crippen MR) is 131 cm³/mol. The second-order valence-electron chi connectivity index (χ2n) is 7.10. The van der Waals surface area contributed by atoms with E-state index in [1.165, 1.54) is 32.1 Å². The average Bonchev–Trinajstić information content (AvgIpc) is 2.77. The lowest BCUT2D eigenvalue weighted by Gasteiger charge is -2.23. The van der Waals surface area contributed by atoms with Gasteiger partial charge in [0.1, 0.15) is 12.4 Å². The first-order valence-corrected chi connectivity index (χ1v) is 11.1. The summed E-state index contributed by atoms with van der Waals surface area (Å²) in [5.74, 6) is 0.940. The molecule has 30 heavy (non-hydrogen) atoms. The fraction of sp³-hybridized carbons (Fsp3) is 0.231. The fourth-order valence-electron chi connectivity index (χ4n) is 3.64. The van der Waals surface area contributed by atoms with Crippen molar-refractivity contribution in [3.63, 3.8) is 0 Å². The van der Waals surface area contributed by atoms with Gasteiger partial charge in [-0.2, -0.15) is 0 Å². The van der Waals surface area contributed by atoms with Crippen LogP contribution in [0.5, 0.6) is 5.75 Å². The zero-order valence-corrected chi connectivity index (χ0v) is 19.1. The summed E-state index contributed by atoms with van der Waals surface area (Å²) in [5.41, 5.74) is 5.00. The summed E-state index contributed by atoms with van der Waals surface area (Å²) in [4.78, 5) is 4.96. The Bertz CT molecular complexity index is 999. The molecule has 0 bridgehead atoms. The zero-order chi connectivity index (χ0) is 20.1. The Morgan fingerprint density at radius 2 is 1.53 bits per heavy atom. The van der Waals surface area contributed by atoms with Gasteiger partial charge in [-0.05, 0) is 65.7 Å². The number of benzene rings is 3. The van der Waals surface area contributed by atoms with Crippen LogP contribution in [-0.2, 0) is 0 Å². The number of nitrogens with zero attached hydrogens (tertiary/aromatic N) is 1. The summed E-state index contributed by atoms with van der Waals surface area (Å²) in [6, 6.07) is 25.7. The molecule has 1 heterocycles. The molecular formula is C26H28ClNOS. The number of likely N-dealkylation sites (N-methyl/N-ethyl adjacent to an activating group) is 1. The SMILES string of the molecule is CCN(CC)CCOc1ccc2c(c1)/C(=C/c1ccccc1)c1ccccc1S2.Cl. The number of hydrogen-bond acceptors (Lipinski definition) is 3. The van der Waals surface area contributed by atoms with Gasteiger partial charge in [0, 0.05) is 16.3 Å². The lowest BCUT2D eigenvalue weighted by Crippen LogP contribution is -2.27. The minimum Gasteiger partial charge on any atom is -0.492 e. The third-order valence-corrected chi connectivity index (χ3v) is 6.47. The van der Waals surface area contributed by atoms with E-state index in [1.807, 2.05) is 11.8 Å². The standard InChI is InChI=1S/C26H27NOS.ClH/c1-3-27(4-2)16-17-28-21-14-15-26-24(19-21)23(18-20-10-6-5-7-11-20)22-12-8-9-13-25(22)29-26;/h5-15,18-19H,3-4,16-17H2,1-2H3;1H/b23-18+;. The molecule has 0 radical (unpaired) electrons. The largest absolute Gasteiger partial charge is 0.492 e. The summed E-state index contributed by atoms with van der Waals surface area (Å²) in [6.07, 6.45) is 2.29. The third-order valence-electron chi connectivity index (χ3n) is 5.32. The van der Waals surface area contributed by atoms with Crippen molar-refractivity contribution in [3.05, 3.63) is 89.5 Å². The molecule has 3 aromatic carbocycles. The first-order valence-electron chi connectivity index (χ1n) is 10.3. The van der Waals surface area contributed by atoms with Gasteiger partial charge in [0.2, 0.25) is 0 Å². The van der Waals surface area contributed by atoms with E-state index in [0.29, 0.717) is 6.61 Å². The van der Waals surface area contributed by atoms with E-state index in [1.54, 1.807) is 0 Å². The topological polar surface area (TPSA) is 12.5 Å². The maximum absolute atomic E-state index is 6.11. The van der Waals surface area contributed by atoms with Gasteiger partial charge in [0.15, 0.2) is 0 Å². The summed E-state index contributed by atoms with van der Waals surface area (Å²) in [6.45, 7) is 8.16. The average molecular weight is 438 g/mol. The van der Waals surface area contributed by atoms with Gasteiger partial charge >= 0.3 is 0 Å². The van der Waals surface area contributed by atoms with Crippen LogP contribution >= 0.6 is 24.2 Å². The zero-order valence-electron chi connectivity index (χ0n) is 17.5. The van der Waals surface area contributed by atoms with Crippen molar-refractivity contribution in [2.75, 3.05) is 26.2 Å². The Labute approximate surface area is 190 Å². The molecule has 0 N–H and O–H groups in total. The van der Waals surface area contributed by atoms with Crippen molar-refractivity contribution >= 4 is 35.8 Å². The highest BCUT2D eigenvalue weighted by Crippen LogP contribution is 2.46. The molecule has 156 valence electrons. The van der Waals surface area contributed by atoms with Crippen LogP contribution in [0.1, 0.15) is 30.5 Å². The number of hydrogen-bond donors (Lipinski definition) is 0. The van der Waals surface area contributed by atoms with Crippen molar-refractivity contribution in [2.24, 2.45) is 0 Å². The number of rotatable bonds is 7. The second-order valence-corrected chi connectivity index (χ2v) is 8.18. The highest BCUT2D eigenvalue weighted by Gasteiger charge is 2.21. The Morgan fingerprint density at radius 1 is 0.833 bits per heavy atom. The molecule has 0 fully saturated rings. The Balaban J connectivity index is 0.00000256. The molecule has 0 atom stereocenters. The molecule has 0 saturated heterocycles. The van der Waals surface area contributed by atoms with Crippen molar-refractivity contribution in [2.45, 2.75) is 23.6 Å². The predicted octanol–water partition coefficient (Wildman–Crippen LogP) is 6.88. The monoisotopic (exact) mass is 437 g/mol. The molecule has 4 heteroatoms. The van der Waals surface area contributed by atoms with Crippen LogP contribution in [0.2, 0.25) is 0 Å². The fourth-order valence-corrected chi connectivity index (χ4v) is 4.73. The molecular weight excluding hydrogens is 410 g/mol. The van der Waals surface area contributed by atoms with Crippen molar-refractivity contribution in [3.8, 4) is 5.75 Å². The van der Waals surface area contributed by atoms with Crippen LogP contribution in [0, 0.1) is 0 Å². The third kappa shape index (κ3) is 5.10. The molecule has 1 aliphatic rings. The summed E-state index contributed by atoms with van der Waals surface area (Å²) in [5, 5.41) is 0. The van der Waals surface area contributed by atoms with E-state index >= 15 is 0 Å². The molecule has 0 saturated carbocycles. The van der Waals surface area contributed by atoms with Gasteiger partial charge in [-0.25, -0.2) is 0 Å². The van der Waals surface area contributed by atoms with E-state index in [2.05, 4.69) is 97.6 Å². The van der Waals surface area contributed by atoms with Gasteiger partial charge < -0.3 is 9.64 Å². The van der Waals surface area contributed by atoms with Gasteiger partial charge in [0.05, 0.1) is 0 Å². The summed E-state index contributed by atoms with van der Waals surface area (Å²) in [7, 11) is 0. The van der Waals surface area contributed by atoms with Crippen LogP contribution in [-0.4, -0.2) is 31.1 Å². The Hall–Kier alpha value is -2.20. The normalized spacial score (nSPS) is 13.5.